The molecule has 1 aromatic carbocycles. The van der Waals surface area contributed by atoms with E-state index in [9.17, 15) is 0 Å². The molecule has 108 valence electrons. The standard InChI is InChI=1S/C15H25BrN2O/c1-12(2)11-18(7-8-19-3)15(10-17)13-5-4-6-14(16)9-13/h4-6,9,12,15H,7-8,10-11,17H2,1-3H3. The number of rotatable bonds is 8. The van der Waals surface area contributed by atoms with E-state index >= 15 is 0 Å². The molecular formula is C15H25BrN2O. The molecule has 1 rings (SSSR count). The van der Waals surface area contributed by atoms with Crippen LogP contribution in [0.25, 0.3) is 0 Å². The van der Waals surface area contributed by atoms with Crippen molar-refractivity contribution in [3.8, 4) is 0 Å². The smallest absolute Gasteiger partial charge is 0.0589 e. The lowest BCUT2D eigenvalue weighted by Gasteiger charge is -2.32. The van der Waals surface area contributed by atoms with Gasteiger partial charge in [-0.3, -0.25) is 4.90 Å². The van der Waals surface area contributed by atoms with Crippen molar-refractivity contribution < 1.29 is 4.74 Å². The summed E-state index contributed by atoms with van der Waals surface area (Å²) in [5, 5.41) is 0. The second-order valence-electron chi connectivity index (χ2n) is 5.19. The van der Waals surface area contributed by atoms with E-state index < -0.39 is 0 Å². The summed E-state index contributed by atoms with van der Waals surface area (Å²) in [7, 11) is 1.74. The van der Waals surface area contributed by atoms with E-state index in [0.717, 1.165) is 24.2 Å². The zero-order valence-electron chi connectivity index (χ0n) is 12.1. The fourth-order valence-corrected chi connectivity index (χ4v) is 2.68. The molecule has 0 aliphatic heterocycles. The predicted octanol–water partition coefficient (Wildman–Crippen LogP) is 3.05. The highest BCUT2D eigenvalue weighted by Gasteiger charge is 2.19. The van der Waals surface area contributed by atoms with Crippen LogP contribution in [0.15, 0.2) is 28.7 Å². The Labute approximate surface area is 125 Å². The Hall–Kier alpha value is -0.420. The molecule has 3 nitrogen and oxygen atoms in total. The quantitative estimate of drug-likeness (QED) is 0.797. The molecule has 1 atom stereocenters. The summed E-state index contributed by atoms with van der Waals surface area (Å²) in [5.74, 6) is 0.609. The average molecular weight is 329 g/mol. The minimum atomic E-state index is 0.245. The summed E-state index contributed by atoms with van der Waals surface area (Å²) in [6, 6.07) is 8.64. The van der Waals surface area contributed by atoms with Gasteiger partial charge >= 0.3 is 0 Å². The van der Waals surface area contributed by atoms with Gasteiger partial charge in [0, 0.05) is 37.3 Å². The number of benzene rings is 1. The summed E-state index contributed by atoms with van der Waals surface area (Å²) in [4.78, 5) is 2.41. The van der Waals surface area contributed by atoms with Crippen LogP contribution in [-0.4, -0.2) is 38.3 Å². The maximum absolute atomic E-state index is 6.01. The second-order valence-corrected chi connectivity index (χ2v) is 6.10. The van der Waals surface area contributed by atoms with Crippen molar-refractivity contribution >= 4 is 15.9 Å². The Kier molecular flexibility index (Phi) is 7.61. The van der Waals surface area contributed by atoms with Crippen molar-refractivity contribution in [3.05, 3.63) is 34.3 Å². The molecule has 4 heteroatoms. The van der Waals surface area contributed by atoms with E-state index in [2.05, 4.69) is 52.9 Å². The van der Waals surface area contributed by atoms with Gasteiger partial charge in [-0.25, -0.2) is 0 Å². The number of hydrogen-bond donors (Lipinski definition) is 1. The lowest BCUT2D eigenvalue weighted by molar-refractivity contribution is 0.112. The zero-order valence-corrected chi connectivity index (χ0v) is 13.7. The van der Waals surface area contributed by atoms with Crippen molar-refractivity contribution in [1.82, 2.24) is 4.90 Å². The largest absolute Gasteiger partial charge is 0.383 e. The summed E-state index contributed by atoms with van der Waals surface area (Å²) in [5.41, 5.74) is 7.26. The first-order chi connectivity index (χ1) is 9.08. The molecule has 0 spiro atoms. The van der Waals surface area contributed by atoms with Gasteiger partial charge in [-0.1, -0.05) is 41.9 Å². The van der Waals surface area contributed by atoms with Crippen LogP contribution in [0.2, 0.25) is 0 Å². The van der Waals surface area contributed by atoms with Gasteiger partial charge in [0.15, 0.2) is 0 Å². The topological polar surface area (TPSA) is 38.5 Å². The van der Waals surface area contributed by atoms with E-state index in [1.54, 1.807) is 7.11 Å². The van der Waals surface area contributed by atoms with Crippen molar-refractivity contribution in [2.75, 3.05) is 33.4 Å². The van der Waals surface area contributed by atoms with Crippen LogP contribution >= 0.6 is 15.9 Å². The maximum Gasteiger partial charge on any atom is 0.0589 e. The number of nitrogens with zero attached hydrogens (tertiary/aromatic N) is 1. The number of ether oxygens (including phenoxy) is 1. The lowest BCUT2D eigenvalue weighted by atomic mass is 10.0. The van der Waals surface area contributed by atoms with Gasteiger partial charge in [-0.2, -0.15) is 0 Å². The third kappa shape index (κ3) is 5.61. The molecule has 0 saturated carbocycles. The van der Waals surface area contributed by atoms with Crippen molar-refractivity contribution in [1.29, 1.82) is 0 Å². The second kappa shape index (κ2) is 8.69. The molecule has 0 aliphatic rings. The summed E-state index contributed by atoms with van der Waals surface area (Å²) >= 11 is 3.53. The minimum absolute atomic E-state index is 0.245. The van der Waals surface area contributed by atoms with Gasteiger partial charge in [0.05, 0.1) is 6.61 Å². The average Bonchev–Trinajstić information content (AvgIpc) is 2.36. The van der Waals surface area contributed by atoms with Crippen LogP contribution in [0.3, 0.4) is 0 Å². The summed E-state index contributed by atoms with van der Waals surface area (Å²) in [6.45, 7) is 7.74. The fourth-order valence-electron chi connectivity index (χ4n) is 2.26. The van der Waals surface area contributed by atoms with Gasteiger partial charge < -0.3 is 10.5 Å². The highest BCUT2D eigenvalue weighted by molar-refractivity contribution is 9.10. The molecule has 0 saturated heterocycles. The highest BCUT2D eigenvalue weighted by atomic mass is 79.9. The Morgan fingerprint density at radius 2 is 2.11 bits per heavy atom. The highest BCUT2D eigenvalue weighted by Crippen LogP contribution is 2.23. The maximum atomic E-state index is 6.01. The monoisotopic (exact) mass is 328 g/mol. The SMILES string of the molecule is COCCN(CC(C)C)C(CN)c1cccc(Br)c1. The first kappa shape index (κ1) is 16.6. The first-order valence-corrected chi connectivity index (χ1v) is 7.56. The van der Waals surface area contributed by atoms with E-state index in [1.807, 2.05) is 6.07 Å². The van der Waals surface area contributed by atoms with E-state index in [1.165, 1.54) is 5.56 Å². The van der Waals surface area contributed by atoms with Crippen LogP contribution < -0.4 is 5.73 Å². The molecule has 1 aromatic rings. The Morgan fingerprint density at radius 1 is 1.37 bits per heavy atom. The van der Waals surface area contributed by atoms with Gasteiger partial charge in [-0.05, 0) is 23.6 Å². The fraction of sp³-hybridized carbons (Fsp3) is 0.600. The third-order valence-corrected chi connectivity index (χ3v) is 3.57. The molecule has 0 amide bonds. The molecule has 19 heavy (non-hydrogen) atoms. The summed E-state index contributed by atoms with van der Waals surface area (Å²) in [6.07, 6.45) is 0. The van der Waals surface area contributed by atoms with E-state index in [0.29, 0.717) is 12.5 Å². The van der Waals surface area contributed by atoms with Crippen LogP contribution in [0.1, 0.15) is 25.5 Å². The number of nitrogens with two attached hydrogens (primary N) is 1. The number of halogens is 1. The molecule has 0 fully saturated rings. The van der Waals surface area contributed by atoms with Gasteiger partial charge in [0.25, 0.3) is 0 Å². The number of methoxy groups -OCH3 is 1. The van der Waals surface area contributed by atoms with Gasteiger partial charge in [0.2, 0.25) is 0 Å². The molecule has 0 bridgehead atoms. The lowest BCUT2D eigenvalue weighted by Crippen LogP contribution is -2.38. The normalized spacial score (nSPS) is 13.2. The van der Waals surface area contributed by atoms with Crippen LogP contribution in [0, 0.1) is 5.92 Å². The minimum Gasteiger partial charge on any atom is -0.383 e. The first-order valence-electron chi connectivity index (χ1n) is 6.77. The van der Waals surface area contributed by atoms with Crippen molar-refractivity contribution in [2.45, 2.75) is 19.9 Å². The molecular weight excluding hydrogens is 304 g/mol. The molecule has 1 unspecified atom stereocenters. The van der Waals surface area contributed by atoms with Gasteiger partial charge in [0.1, 0.15) is 0 Å². The number of hydrogen-bond acceptors (Lipinski definition) is 3. The predicted molar refractivity (Wildman–Crippen MR) is 84.2 cm³/mol. The Balaban J connectivity index is 2.87. The van der Waals surface area contributed by atoms with Crippen LogP contribution in [0.5, 0.6) is 0 Å². The van der Waals surface area contributed by atoms with Crippen LogP contribution in [0.4, 0.5) is 0 Å². The molecule has 0 heterocycles. The van der Waals surface area contributed by atoms with Crippen LogP contribution in [-0.2, 0) is 4.74 Å². The summed E-state index contributed by atoms with van der Waals surface area (Å²) < 4.78 is 6.31. The molecule has 0 aromatic heterocycles. The molecule has 0 radical (unpaired) electrons. The van der Waals surface area contributed by atoms with Crippen molar-refractivity contribution in [2.24, 2.45) is 11.7 Å². The third-order valence-electron chi connectivity index (χ3n) is 3.08. The Morgan fingerprint density at radius 3 is 2.63 bits per heavy atom. The molecule has 0 aliphatic carbocycles. The van der Waals surface area contributed by atoms with Crippen molar-refractivity contribution in [3.63, 3.8) is 0 Å². The zero-order chi connectivity index (χ0) is 14.3. The van der Waals surface area contributed by atoms with E-state index in [4.69, 9.17) is 10.5 Å². The van der Waals surface area contributed by atoms with Gasteiger partial charge in [-0.15, -0.1) is 0 Å². The Bertz CT molecular complexity index is 371. The molecule has 2 N–H and O–H groups in total. The van der Waals surface area contributed by atoms with E-state index in [-0.39, 0.29) is 6.04 Å².